The summed E-state index contributed by atoms with van der Waals surface area (Å²) in [7, 11) is 0. The molecule has 0 aromatic heterocycles. The number of terminal acetylenes is 1. The fourth-order valence-electron chi connectivity index (χ4n) is 1.29. The first-order valence-corrected chi connectivity index (χ1v) is 6.46. The number of hydrogen-bond donors (Lipinski definition) is 0. The molecule has 0 heterocycles. The lowest BCUT2D eigenvalue weighted by Crippen LogP contribution is -1.87. The zero-order valence-electron chi connectivity index (χ0n) is 12.4. The Balaban J connectivity index is 2.49. The van der Waals surface area contributed by atoms with Gasteiger partial charge in [0.2, 0.25) is 0 Å². The molecule has 0 amide bonds. The summed E-state index contributed by atoms with van der Waals surface area (Å²) in [5.41, 5.74) is 1.25. The standard InChI is InChI=1S/C21H12O/c1-4-5-6-7-8-9-10-11-12-13-18-22-21-16-14-20(15-17-21)19(2)3/h1,14-17,19H,2-3H3. The van der Waals surface area contributed by atoms with E-state index in [1.165, 1.54) is 5.56 Å². The van der Waals surface area contributed by atoms with Crippen molar-refractivity contribution in [1.82, 2.24) is 0 Å². The highest BCUT2D eigenvalue weighted by atomic mass is 16.5. The molecule has 0 saturated carbocycles. The molecule has 0 aliphatic heterocycles. The molecule has 0 atom stereocenters. The summed E-state index contributed by atoms with van der Waals surface area (Å²) < 4.78 is 5.24. The van der Waals surface area contributed by atoms with Crippen molar-refractivity contribution in [3.05, 3.63) is 29.8 Å². The SMILES string of the molecule is C#CC#CC#CC#CC#CC#COc1ccc(C(C)C)cc1. The minimum atomic E-state index is 0.491. The first kappa shape index (κ1) is 16.4. The molecule has 1 aromatic carbocycles. The molecule has 1 nitrogen and oxygen atoms in total. The predicted octanol–water partition coefficient (Wildman–Crippen LogP) is 2.80. The Morgan fingerprint density at radius 1 is 0.773 bits per heavy atom. The van der Waals surface area contributed by atoms with Crippen LogP contribution in [0, 0.1) is 71.7 Å². The van der Waals surface area contributed by atoms with Gasteiger partial charge in [0.15, 0.2) is 0 Å². The van der Waals surface area contributed by atoms with E-state index in [1.54, 1.807) is 0 Å². The summed E-state index contributed by atoms with van der Waals surface area (Å²) in [6.07, 6.45) is 7.42. The summed E-state index contributed by atoms with van der Waals surface area (Å²) in [5.74, 6) is 25.7. The molecule has 22 heavy (non-hydrogen) atoms. The monoisotopic (exact) mass is 280 g/mol. The first-order chi connectivity index (χ1) is 10.7. The molecule has 0 fully saturated rings. The van der Waals surface area contributed by atoms with Crippen LogP contribution in [0.3, 0.4) is 0 Å². The third-order valence-corrected chi connectivity index (χ3v) is 2.34. The molecule has 0 N–H and O–H groups in total. The van der Waals surface area contributed by atoms with Crippen molar-refractivity contribution in [2.75, 3.05) is 0 Å². The van der Waals surface area contributed by atoms with E-state index in [0.29, 0.717) is 11.7 Å². The maximum atomic E-state index is 5.24. The second-order valence-corrected chi connectivity index (χ2v) is 4.20. The van der Waals surface area contributed by atoms with Crippen molar-refractivity contribution in [3.8, 4) is 77.5 Å². The van der Waals surface area contributed by atoms with Crippen LogP contribution in [0.15, 0.2) is 24.3 Å². The Morgan fingerprint density at radius 2 is 1.27 bits per heavy atom. The van der Waals surface area contributed by atoms with Gasteiger partial charge in [0, 0.05) is 29.6 Å². The largest absolute Gasteiger partial charge is 0.407 e. The van der Waals surface area contributed by atoms with Crippen molar-refractivity contribution in [3.63, 3.8) is 0 Å². The lowest BCUT2D eigenvalue weighted by molar-refractivity contribution is 0.519. The first-order valence-electron chi connectivity index (χ1n) is 6.46. The molecule has 0 spiro atoms. The summed E-state index contributed by atoms with van der Waals surface area (Å²) in [5, 5.41) is 0. The van der Waals surface area contributed by atoms with Crippen LogP contribution in [0.25, 0.3) is 0 Å². The van der Waals surface area contributed by atoms with E-state index >= 15 is 0 Å². The van der Waals surface area contributed by atoms with Gasteiger partial charge in [0.05, 0.1) is 0 Å². The van der Waals surface area contributed by atoms with Crippen molar-refractivity contribution < 1.29 is 4.74 Å². The fourth-order valence-corrected chi connectivity index (χ4v) is 1.29. The highest BCUT2D eigenvalue weighted by Crippen LogP contribution is 2.18. The smallest absolute Gasteiger partial charge is 0.140 e. The lowest BCUT2D eigenvalue weighted by Gasteiger charge is -2.04. The topological polar surface area (TPSA) is 9.23 Å². The van der Waals surface area contributed by atoms with Crippen LogP contribution in [-0.4, -0.2) is 0 Å². The van der Waals surface area contributed by atoms with Gasteiger partial charge in [0.25, 0.3) is 0 Å². The number of ether oxygens (including phenoxy) is 1. The number of rotatable bonds is 2. The van der Waals surface area contributed by atoms with Crippen LogP contribution in [0.4, 0.5) is 0 Å². The van der Waals surface area contributed by atoms with Crippen molar-refractivity contribution in [2.45, 2.75) is 19.8 Å². The molecule has 1 aromatic rings. The molecule has 0 unspecified atom stereocenters. The zero-order valence-corrected chi connectivity index (χ0v) is 12.4. The van der Waals surface area contributed by atoms with Crippen molar-refractivity contribution in [2.24, 2.45) is 0 Å². The van der Waals surface area contributed by atoms with E-state index in [4.69, 9.17) is 11.2 Å². The maximum Gasteiger partial charge on any atom is 0.140 e. The van der Waals surface area contributed by atoms with E-state index in [2.05, 4.69) is 79.2 Å². The van der Waals surface area contributed by atoms with Gasteiger partial charge in [-0.3, -0.25) is 0 Å². The average molecular weight is 280 g/mol. The average Bonchev–Trinajstić information content (AvgIpc) is 2.53. The zero-order chi connectivity index (χ0) is 16.0. The highest BCUT2D eigenvalue weighted by Gasteiger charge is 1.98. The second-order valence-electron chi connectivity index (χ2n) is 4.20. The summed E-state index contributed by atoms with van der Waals surface area (Å²) in [6, 6.07) is 7.79. The quantitative estimate of drug-likeness (QED) is 0.757. The van der Waals surface area contributed by atoms with Crippen LogP contribution < -0.4 is 4.74 Å². The molecule has 0 radical (unpaired) electrons. The van der Waals surface area contributed by atoms with Crippen LogP contribution in [0.1, 0.15) is 25.3 Å². The Morgan fingerprint density at radius 3 is 1.77 bits per heavy atom. The predicted molar refractivity (Wildman–Crippen MR) is 88.9 cm³/mol. The Kier molecular flexibility index (Phi) is 7.62. The minimum absolute atomic E-state index is 0.491. The van der Waals surface area contributed by atoms with E-state index in [1.807, 2.05) is 24.3 Å². The molecule has 0 saturated heterocycles. The number of benzene rings is 1. The Bertz CT molecular complexity index is 851. The van der Waals surface area contributed by atoms with Crippen molar-refractivity contribution in [1.29, 1.82) is 0 Å². The maximum absolute atomic E-state index is 5.24. The summed E-state index contributed by atoms with van der Waals surface area (Å²) in [4.78, 5) is 0. The van der Waals surface area contributed by atoms with Crippen LogP contribution in [-0.2, 0) is 0 Å². The second kappa shape index (κ2) is 10.2. The Hall–Kier alpha value is -3.62. The van der Waals surface area contributed by atoms with E-state index in [-0.39, 0.29) is 0 Å². The molecule has 0 aliphatic rings. The van der Waals surface area contributed by atoms with Crippen LogP contribution >= 0.6 is 0 Å². The molecule has 0 bridgehead atoms. The van der Waals surface area contributed by atoms with Gasteiger partial charge in [0.1, 0.15) is 11.9 Å². The molecule has 0 aliphatic carbocycles. The van der Waals surface area contributed by atoms with Gasteiger partial charge >= 0.3 is 0 Å². The van der Waals surface area contributed by atoms with Crippen LogP contribution in [0.5, 0.6) is 5.75 Å². The molecular weight excluding hydrogens is 268 g/mol. The third kappa shape index (κ3) is 7.09. The third-order valence-electron chi connectivity index (χ3n) is 2.34. The molecule has 1 heteroatoms. The molecular formula is C21H12O. The normalized spacial score (nSPS) is 7.00. The molecule has 1 rings (SSSR count). The van der Waals surface area contributed by atoms with E-state index in [9.17, 15) is 0 Å². The van der Waals surface area contributed by atoms with Gasteiger partial charge in [-0.25, -0.2) is 0 Å². The fraction of sp³-hybridized carbons (Fsp3) is 0.143. The van der Waals surface area contributed by atoms with Crippen LogP contribution in [0.2, 0.25) is 0 Å². The van der Waals surface area contributed by atoms with Gasteiger partial charge in [-0.2, -0.15) is 0 Å². The molecule has 102 valence electrons. The number of hydrogen-bond acceptors (Lipinski definition) is 1. The van der Waals surface area contributed by atoms with Crippen molar-refractivity contribution >= 4 is 0 Å². The summed E-state index contributed by atoms with van der Waals surface area (Å²) >= 11 is 0. The Labute approximate surface area is 132 Å². The minimum Gasteiger partial charge on any atom is -0.407 e. The van der Waals surface area contributed by atoms with E-state index in [0.717, 1.165) is 0 Å². The van der Waals surface area contributed by atoms with E-state index < -0.39 is 0 Å². The lowest BCUT2D eigenvalue weighted by atomic mass is 10.0. The van der Waals surface area contributed by atoms with Gasteiger partial charge in [-0.1, -0.05) is 26.0 Å². The summed E-state index contributed by atoms with van der Waals surface area (Å²) in [6.45, 7) is 4.27. The van der Waals surface area contributed by atoms with Gasteiger partial charge in [-0.05, 0) is 53.2 Å². The van der Waals surface area contributed by atoms with Gasteiger partial charge in [-0.15, -0.1) is 6.42 Å². The van der Waals surface area contributed by atoms with Gasteiger partial charge < -0.3 is 4.74 Å². The highest BCUT2D eigenvalue weighted by molar-refractivity contribution is 5.43.